The molecular formula is C15H18FN3O3S. The molecular weight excluding hydrogens is 321 g/mol. The van der Waals surface area contributed by atoms with Crippen LogP contribution in [0.2, 0.25) is 0 Å². The summed E-state index contributed by atoms with van der Waals surface area (Å²) in [6.07, 6.45) is 3.53. The molecule has 0 aliphatic rings. The average molecular weight is 339 g/mol. The molecule has 1 heterocycles. The van der Waals surface area contributed by atoms with Crippen molar-refractivity contribution in [3.63, 3.8) is 0 Å². The lowest BCUT2D eigenvalue weighted by Crippen LogP contribution is -2.14. The van der Waals surface area contributed by atoms with Crippen LogP contribution in [0.1, 0.15) is 12.0 Å². The van der Waals surface area contributed by atoms with E-state index in [1.54, 1.807) is 24.4 Å². The number of carbonyl (C=O) groups is 1. The molecule has 0 bridgehead atoms. The Kier molecular flexibility index (Phi) is 5.49. The number of sulfone groups is 1. The molecule has 0 aliphatic heterocycles. The van der Waals surface area contributed by atoms with Gasteiger partial charge in [-0.25, -0.2) is 12.8 Å². The fraction of sp³-hybridized carbons (Fsp3) is 0.333. The SMILES string of the molecule is CS(=O)(=O)CCn1ccc(NC(=O)CCc2ccc(F)cc2)n1. The van der Waals surface area contributed by atoms with Crippen LogP contribution in [0.4, 0.5) is 10.2 Å². The highest BCUT2D eigenvalue weighted by atomic mass is 32.2. The second-order valence-electron chi connectivity index (χ2n) is 5.27. The third-order valence-electron chi connectivity index (χ3n) is 3.15. The van der Waals surface area contributed by atoms with Crippen LogP contribution in [0, 0.1) is 5.82 Å². The lowest BCUT2D eigenvalue weighted by Gasteiger charge is -2.03. The van der Waals surface area contributed by atoms with Gasteiger partial charge in [-0.15, -0.1) is 0 Å². The number of benzene rings is 1. The Labute approximate surface area is 134 Å². The highest BCUT2D eigenvalue weighted by molar-refractivity contribution is 7.90. The molecule has 0 spiro atoms. The Morgan fingerprint density at radius 1 is 1.26 bits per heavy atom. The van der Waals surface area contributed by atoms with Crippen molar-refractivity contribution >= 4 is 21.6 Å². The van der Waals surface area contributed by atoms with Gasteiger partial charge >= 0.3 is 0 Å². The summed E-state index contributed by atoms with van der Waals surface area (Å²) in [5.41, 5.74) is 0.875. The standard InChI is InChI=1S/C15H18FN3O3S/c1-23(21,22)11-10-19-9-8-14(18-19)17-15(20)7-4-12-2-5-13(16)6-3-12/h2-3,5-6,8-9H,4,7,10-11H2,1H3,(H,17,18,20). The van der Waals surface area contributed by atoms with Gasteiger partial charge in [-0.3, -0.25) is 9.48 Å². The van der Waals surface area contributed by atoms with E-state index in [1.807, 2.05) is 0 Å². The van der Waals surface area contributed by atoms with Gasteiger partial charge in [-0.2, -0.15) is 5.10 Å². The number of hydrogen-bond donors (Lipinski definition) is 1. The quantitative estimate of drug-likeness (QED) is 0.831. The minimum atomic E-state index is -3.05. The van der Waals surface area contributed by atoms with Crippen LogP contribution >= 0.6 is 0 Å². The van der Waals surface area contributed by atoms with Crippen molar-refractivity contribution in [2.24, 2.45) is 0 Å². The second-order valence-corrected chi connectivity index (χ2v) is 7.53. The van der Waals surface area contributed by atoms with Crippen molar-refractivity contribution in [2.45, 2.75) is 19.4 Å². The highest BCUT2D eigenvalue weighted by Gasteiger charge is 2.07. The van der Waals surface area contributed by atoms with Gasteiger partial charge in [-0.05, 0) is 24.1 Å². The number of nitrogens with one attached hydrogen (secondary N) is 1. The van der Waals surface area contributed by atoms with E-state index in [9.17, 15) is 17.6 Å². The molecule has 2 aromatic rings. The summed E-state index contributed by atoms with van der Waals surface area (Å²) in [4.78, 5) is 11.8. The summed E-state index contributed by atoms with van der Waals surface area (Å²) in [5, 5.41) is 6.74. The number of hydrogen-bond acceptors (Lipinski definition) is 4. The molecule has 1 aromatic heterocycles. The number of rotatable bonds is 7. The summed E-state index contributed by atoms with van der Waals surface area (Å²) >= 11 is 0. The van der Waals surface area contributed by atoms with Gasteiger partial charge < -0.3 is 5.32 Å². The zero-order valence-electron chi connectivity index (χ0n) is 12.7. The Balaban J connectivity index is 1.81. The van der Waals surface area contributed by atoms with Gasteiger partial charge in [-0.1, -0.05) is 12.1 Å². The van der Waals surface area contributed by atoms with Crippen LogP contribution in [-0.4, -0.2) is 36.1 Å². The van der Waals surface area contributed by atoms with Crippen molar-refractivity contribution in [1.29, 1.82) is 0 Å². The largest absolute Gasteiger partial charge is 0.309 e. The van der Waals surface area contributed by atoms with Gasteiger partial charge in [0.1, 0.15) is 15.7 Å². The molecule has 0 atom stereocenters. The molecule has 1 amide bonds. The molecule has 2 rings (SSSR count). The highest BCUT2D eigenvalue weighted by Crippen LogP contribution is 2.08. The molecule has 0 radical (unpaired) electrons. The monoisotopic (exact) mass is 339 g/mol. The molecule has 6 nitrogen and oxygen atoms in total. The van der Waals surface area contributed by atoms with Crippen molar-refractivity contribution in [1.82, 2.24) is 9.78 Å². The van der Waals surface area contributed by atoms with Crippen molar-refractivity contribution in [3.8, 4) is 0 Å². The normalized spacial score (nSPS) is 11.4. The molecule has 8 heteroatoms. The van der Waals surface area contributed by atoms with Crippen LogP contribution in [0.25, 0.3) is 0 Å². The summed E-state index contributed by atoms with van der Waals surface area (Å²) in [7, 11) is -3.05. The molecule has 0 fully saturated rings. The average Bonchev–Trinajstić information content (AvgIpc) is 2.91. The number of anilines is 1. The Morgan fingerprint density at radius 2 is 1.96 bits per heavy atom. The summed E-state index contributed by atoms with van der Waals surface area (Å²) in [6.45, 7) is 0.240. The van der Waals surface area contributed by atoms with Gasteiger partial charge in [0.2, 0.25) is 5.91 Å². The molecule has 0 aliphatic carbocycles. The maximum absolute atomic E-state index is 12.8. The third kappa shape index (κ3) is 6.19. The maximum Gasteiger partial charge on any atom is 0.225 e. The Hall–Kier alpha value is -2.22. The minimum absolute atomic E-state index is 0.00731. The van der Waals surface area contributed by atoms with Gasteiger partial charge in [0.15, 0.2) is 5.82 Å². The Morgan fingerprint density at radius 3 is 2.61 bits per heavy atom. The number of carbonyl (C=O) groups excluding carboxylic acids is 1. The predicted molar refractivity (Wildman–Crippen MR) is 85.3 cm³/mol. The molecule has 1 N–H and O–H groups in total. The van der Waals surface area contributed by atoms with Crippen LogP contribution in [0.5, 0.6) is 0 Å². The molecule has 124 valence electrons. The van der Waals surface area contributed by atoms with E-state index in [0.717, 1.165) is 11.8 Å². The zero-order valence-corrected chi connectivity index (χ0v) is 13.5. The second kappa shape index (κ2) is 7.36. The van der Waals surface area contributed by atoms with E-state index in [4.69, 9.17) is 0 Å². The number of nitrogens with zero attached hydrogens (tertiary/aromatic N) is 2. The predicted octanol–water partition coefficient (Wildman–Crippen LogP) is 1.64. The maximum atomic E-state index is 12.8. The first-order valence-electron chi connectivity index (χ1n) is 7.07. The van der Waals surface area contributed by atoms with E-state index in [-0.39, 0.29) is 30.4 Å². The molecule has 0 unspecified atom stereocenters. The lowest BCUT2D eigenvalue weighted by atomic mass is 10.1. The zero-order chi connectivity index (χ0) is 16.9. The van der Waals surface area contributed by atoms with Crippen LogP contribution in [-0.2, 0) is 27.6 Å². The lowest BCUT2D eigenvalue weighted by molar-refractivity contribution is -0.116. The van der Waals surface area contributed by atoms with E-state index in [0.29, 0.717) is 12.2 Å². The van der Waals surface area contributed by atoms with Gasteiger partial charge in [0.05, 0.1) is 12.3 Å². The fourth-order valence-electron chi connectivity index (χ4n) is 1.93. The number of amides is 1. The van der Waals surface area contributed by atoms with Gasteiger partial charge in [0.25, 0.3) is 0 Å². The molecule has 1 aromatic carbocycles. The van der Waals surface area contributed by atoms with Gasteiger partial charge in [0, 0.05) is 24.9 Å². The molecule has 0 saturated carbocycles. The van der Waals surface area contributed by atoms with Crippen LogP contribution in [0.3, 0.4) is 0 Å². The topological polar surface area (TPSA) is 81.1 Å². The third-order valence-corrected chi connectivity index (χ3v) is 4.08. The smallest absolute Gasteiger partial charge is 0.225 e. The van der Waals surface area contributed by atoms with E-state index >= 15 is 0 Å². The number of halogens is 1. The summed E-state index contributed by atoms with van der Waals surface area (Å²) < 4.78 is 36.4. The number of aryl methyl sites for hydroxylation is 2. The molecule has 0 saturated heterocycles. The minimum Gasteiger partial charge on any atom is -0.309 e. The summed E-state index contributed by atoms with van der Waals surface area (Å²) in [5.74, 6) is -0.143. The molecule has 23 heavy (non-hydrogen) atoms. The van der Waals surface area contributed by atoms with Crippen molar-refractivity contribution < 1.29 is 17.6 Å². The first-order chi connectivity index (χ1) is 10.8. The van der Waals surface area contributed by atoms with Crippen LogP contribution < -0.4 is 5.32 Å². The fourth-order valence-corrected chi connectivity index (χ4v) is 2.45. The Bertz CT molecular complexity index is 770. The van der Waals surface area contributed by atoms with Crippen molar-refractivity contribution in [3.05, 3.63) is 47.9 Å². The van der Waals surface area contributed by atoms with Crippen LogP contribution in [0.15, 0.2) is 36.5 Å². The first-order valence-corrected chi connectivity index (χ1v) is 9.13. The van der Waals surface area contributed by atoms with E-state index in [2.05, 4.69) is 10.4 Å². The number of aromatic nitrogens is 2. The summed E-state index contributed by atoms with van der Waals surface area (Å²) in [6, 6.07) is 7.61. The van der Waals surface area contributed by atoms with E-state index in [1.165, 1.54) is 16.8 Å². The first kappa shape index (κ1) is 17.1. The van der Waals surface area contributed by atoms with Crippen molar-refractivity contribution in [2.75, 3.05) is 17.3 Å². The van der Waals surface area contributed by atoms with E-state index < -0.39 is 9.84 Å².